The Hall–Kier alpha value is -2.41. The van der Waals surface area contributed by atoms with E-state index < -0.39 is 5.97 Å². The van der Waals surface area contributed by atoms with E-state index in [0.717, 1.165) is 11.4 Å². The second-order valence-electron chi connectivity index (χ2n) is 3.49. The normalized spacial score (nSPS) is 10.0. The third-order valence-corrected chi connectivity index (χ3v) is 2.31. The van der Waals surface area contributed by atoms with Crippen molar-refractivity contribution < 1.29 is 9.90 Å². The van der Waals surface area contributed by atoms with Gasteiger partial charge in [0.15, 0.2) is 10.8 Å². The smallest absolute Gasteiger partial charge is 0.356 e. The number of carboxylic acid groups (broad SMARTS) is 1. The summed E-state index contributed by atoms with van der Waals surface area (Å²) in [6, 6.07) is 8.54. The van der Waals surface area contributed by atoms with E-state index in [1.54, 1.807) is 30.5 Å². The molecule has 1 aromatic heterocycles. The van der Waals surface area contributed by atoms with E-state index in [2.05, 4.69) is 10.4 Å². The highest BCUT2D eigenvalue weighted by Crippen LogP contribution is 2.13. The molecule has 0 aliphatic rings. The maximum absolute atomic E-state index is 10.7. The minimum atomic E-state index is -1.06. The summed E-state index contributed by atoms with van der Waals surface area (Å²) in [7, 11) is 0. The lowest BCUT2D eigenvalue weighted by atomic mass is 10.3. The molecule has 7 heteroatoms. The average molecular weight is 262 g/mol. The van der Waals surface area contributed by atoms with Gasteiger partial charge in [-0.05, 0) is 42.5 Å². The van der Waals surface area contributed by atoms with Gasteiger partial charge in [-0.15, -0.1) is 0 Å². The van der Waals surface area contributed by atoms with Crippen LogP contribution in [0.1, 0.15) is 10.5 Å². The van der Waals surface area contributed by atoms with E-state index >= 15 is 0 Å². The molecule has 0 aliphatic heterocycles. The van der Waals surface area contributed by atoms with Gasteiger partial charge >= 0.3 is 5.97 Å². The summed E-state index contributed by atoms with van der Waals surface area (Å²) < 4.78 is 1.48. The molecule has 4 N–H and O–H groups in total. The van der Waals surface area contributed by atoms with E-state index in [4.69, 9.17) is 23.1 Å². The molecule has 92 valence electrons. The van der Waals surface area contributed by atoms with Gasteiger partial charge in [-0.25, -0.2) is 9.48 Å². The minimum absolute atomic E-state index is 0.000313. The second-order valence-corrected chi connectivity index (χ2v) is 3.93. The largest absolute Gasteiger partial charge is 0.476 e. The Morgan fingerprint density at radius 2 is 2.00 bits per heavy atom. The Morgan fingerprint density at radius 1 is 1.33 bits per heavy atom. The van der Waals surface area contributed by atoms with Crippen molar-refractivity contribution in [3.63, 3.8) is 0 Å². The number of thiocarbonyl (C=S) groups is 1. The predicted molar refractivity (Wildman–Crippen MR) is 70.9 cm³/mol. The maximum Gasteiger partial charge on any atom is 0.356 e. The first-order valence-electron chi connectivity index (χ1n) is 5.02. The van der Waals surface area contributed by atoms with Crippen LogP contribution in [0.5, 0.6) is 0 Å². The Morgan fingerprint density at radius 3 is 2.50 bits per heavy atom. The van der Waals surface area contributed by atoms with Gasteiger partial charge in [0.05, 0.1) is 5.69 Å². The summed E-state index contributed by atoms with van der Waals surface area (Å²) in [5.74, 6) is -1.06. The van der Waals surface area contributed by atoms with Crippen molar-refractivity contribution >= 4 is 29.0 Å². The van der Waals surface area contributed by atoms with Gasteiger partial charge in [-0.2, -0.15) is 5.10 Å². The van der Waals surface area contributed by atoms with Crippen LogP contribution in [0.3, 0.4) is 0 Å². The first kappa shape index (κ1) is 12.1. The lowest BCUT2D eigenvalue weighted by Crippen LogP contribution is -2.18. The molecule has 18 heavy (non-hydrogen) atoms. The van der Waals surface area contributed by atoms with Crippen LogP contribution in [0.4, 0.5) is 5.69 Å². The molecule has 1 aromatic carbocycles. The molecule has 0 aliphatic carbocycles. The summed E-state index contributed by atoms with van der Waals surface area (Å²) in [5.41, 5.74) is 6.86. The topological polar surface area (TPSA) is 93.2 Å². The molecular formula is C11H10N4O2S. The van der Waals surface area contributed by atoms with Crippen molar-refractivity contribution in [3.05, 3.63) is 42.2 Å². The highest BCUT2D eigenvalue weighted by Gasteiger charge is 2.07. The van der Waals surface area contributed by atoms with E-state index in [1.165, 1.54) is 10.7 Å². The van der Waals surface area contributed by atoms with Gasteiger partial charge < -0.3 is 16.2 Å². The molecule has 1 heterocycles. The van der Waals surface area contributed by atoms with Crippen LogP contribution in [-0.2, 0) is 0 Å². The van der Waals surface area contributed by atoms with Crippen LogP contribution < -0.4 is 11.1 Å². The number of aromatic carboxylic acids is 1. The van der Waals surface area contributed by atoms with Gasteiger partial charge in [-0.1, -0.05) is 0 Å². The Bertz CT molecular complexity index is 591. The van der Waals surface area contributed by atoms with Crippen LogP contribution in [0, 0.1) is 0 Å². The van der Waals surface area contributed by atoms with Gasteiger partial charge in [0.25, 0.3) is 0 Å². The zero-order chi connectivity index (χ0) is 13.1. The Labute approximate surface area is 108 Å². The first-order chi connectivity index (χ1) is 8.56. The van der Waals surface area contributed by atoms with Gasteiger partial charge in [0.1, 0.15) is 0 Å². The molecule has 0 fully saturated rings. The second kappa shape index (κ2) is 4.84. The van der Waals surface area contributed by atoms with Crippen molar-refractivity contribution in [1.82, 2.24) is 9.78 Å². The standard InChI is InChI=1S/C11H10N4O2S/c12-11(18)13-7-1-3-8(4-2-7)15-6-5-9(14-15)10(16)17/h1-6H,(H,16,17)(H3,12,13,18). The third kappa shape index (κ3) is 2.64. The predicted octanol–water partition coefficient (Wildman–Crippen LogP) is 1.23. The van der Waals surface area contributed by atoms with Crippen LogP contribution >= 0.6 is 12.2 Å². The van der Waals surface area contributed by atoms with Crippen LogP contribution in [-0.4, -0.2) is 26.0 Å². The number of anilines is 1. The van der Waals surface area contributed by atoms with E-state index in [-0.39, 0.29) is 10.8 Å². The molecule has 0 amide bonds. The molecule has 0 bridgehead atoms. The van der Waals surface area contributed by atoms with Gasteiger partial charge in [0, 0.05) is 11.9 Å². The summed E-state index contributed by atoms with van der Waals surface area (Å²) >= 11 is 4.72. The molecule has 0 atom stereocenters. The highest BCUT2D eigenvalue weighted by molar-refractivity contribution is 7.80. The summed E-state index contributed by atoms with van der Waals surface area (Å²) in [4.78, 5) is 10.7. The number of nitrogens with zero attached hydrogens (tertiary/aromatic N) is 2. The van der Waals surface area contributed by atoms with E-state index in [9.17, 15) is 4.79 Å². The molecule has 0 radical (unpaired) electrons. The van der Waals surface area contributed by atoms with Gasteiger partial charge in [-0.3, -0.25) is 0 Å². The van der Waals surface area contributed by atoms with Crippen molar-refractivity contribution in [1.29, 1.82) is 0 Å². The molecular weight excluding hydrogens is 252 g/mol. The summed E-state index contributed by atoms with van der Waals surface area (Å²) in [5, 5.41) is 15.7. The van der Waals surface area contributed by atoms with E-state index in [0.29, 0.717) is 0 Å². The molecule has 0 saturated heterocycles. The number of carbonyl (C=O) groups is 1. The lowest BCUT2D eigenvalue weighted by molar-refractivity contribution is 0.0690. The molecule has 0 unspecified atom stereocenters. The van der Waals surface area contributed by atoms with Crippen molar-refractivity contribution in [3.8, 4) is 5.69 Å². The fourth-order valence-corrected chi connectivity index (χ4v) is 1.54. The number of hydrogen-bond donors (Lipinski definition) is 3. The lowest BCUT2D eigenvalue weighted by Gasteiger charge is -2.05. The summed E-state index contributed by atoms with van der Waals surface area (Å²) in [6.07, 6.45) is 1.58. The number of hydrogen-bond acceptors (Lipinski definition) is 3. The van der Waals surface area contributed by atoms with Crippen molar-refractivity contribution in [2.45, 2.75) is 0 Å². The zero-order valence-corrected chi connectivity index (χ0v) is 10.0. The monoisotopic (exact) mass is 262 g/mol. The van der Waals surface area contributed by atoms with Crippen LogP contribution in [0.15, 0.2) is 36.5 Å². The first-order valence-corrected chi connectivity index (χ1v) is 5.43. The number of carboxylic acids is 1. The number of rotatable bonds is 3. The number of nitrogens with one attached hydrogen (secondary N) is 1. The number of nitrogens with two attached hydrogens (primary N) is 1. The average Bonchev–Trinajstić information content (AvgIpc) is 2.78. The molecule has 2 aromatic rings. The summed E-state index contributed by atoms with van der Waals surface area (Å²) in [6.45, 7) is 0. The molecule has 0 saturated carbocycles. The molecule has 0 spiro atoms. The molecule has 2 rings (SSSR count). The SMILES string of the molecule is NC(=S)Nc1ccc(-n2ccc(C(=O)O)n2)cc1. The minimum Gasteiger partial charge on any atom is -0.476 e. The van der Waals surface area contributed by atoms with Gasteiger partial charge in [0.2, 0.25) is 0 Å². The number of benzene rings is 1. The van der Waals surface area contributed by atoms with Crippen LogP contribution in [0.25, 0.3) is 5.69 Å². The highest BCUT2D eigenvalue weighted by atomic mass is 32.1. The van der Waals surface area contributed by atoms with E-state index in [1.807, 2.05) is 0 Å². The zero-order valence-electron chi connectivity index (χ0n) is 9.20. The Kier molecular flexibility index (Phi) is 3.24. The number of aromatic nitrogens is 2. The Balaban J connectivity index is 2.22. The van der Waals surface area contributed by atoms with Crippen molar-refractivity contribution in [2.75, 3.05) is 5.32 Å². The van der Waals surface area contributed by atoms with Crippen molar-refractivity contribution in [2.24, 2.45) is 5.73 Å². The molecule has 6 nitrogen and oxygen atoms in total. The fourth-order valence-electron chi connectivity index (χ4n) is 1.42. The van der Waals surface area contributed by atoms with Crippen LogP contribution in [0.2, 0.25) is 0 Å². The maximum atomic E-state index is 10.7. The fraction of sp³-hybridized carbons (Fsp3) is 0. The third-order valence-electron chi connectivity index (χ3n) is 2.21. The quantitative estimate of drug-likeness (QED) is 0.720.